The van der Waals surface area contributed by atoms with E-state index in [2.05, 4.69) is 30.3 Å². The minimum Gasteiger partial charge on any atom is -0.294 e. The zero-order chi connectivity index (χ0) is 10.2. The second-order valence-corrected chi connectivity index (χ2v) is 3.49. The first-order valence-electron chi connectivity index (χ1n) is 4.92. The fourth-order valence-corrected chi connectivity index (χ4v) is 1.40. The van der Waals surface area contributed by atoms with Crippen LogP contribution in [0.1, 0.15) is 12.0 Å². The van der Waals surface area contributed by atoms with Gasteiger partial charge in [0.2, 0.25) is 0 Å². The van der Waals surface area contributed by atoms with E-state index in [4.69, 9.17) is 5.26 Å². The zero-order valence-corrected chi connectivity index (χ0v) is 8.61. The van der Waals surface area contributed by atoms with Gasteiger partial charge in [-0.2, -0.15) is 5.26 Å². The molecular formula is C12H16N2. The molecule has 1 rings (SSSR count). The van der Waals surface area contributed by atoms with Crippen molar-refractivity contribution in [3.63, 3.8) is 0 Å². The number of benzene rings is 1. The lowest BCUT2D eigenvalue weighted by Crippen LogP contribution is -2.20. The molecule has 0 aliphatic carbocycles. The third-order valence-electron chi connectivity index (χ3n) is 2.19. The molecule has 0 atom stereocenters. The van der Waals surface area contributed by atoms with Gasteiger partial charge in [-0.1, -0.05) is 30.3 Å². The summed E-state index contributed by atoms with van der Waals surface area (Å²) in [5.74, 6) is 0. The number of hydrogen-bond acceptors (Lipinski definition) is 2. The molecule has 0 N–H and O–H groups in total. The van der Waals surface area contributed by atoms with Crippen molar-refractivity contribution in [2.24, 2.45) is 0 Å². The van der Waals surface area contributed by atoms with Gasteiger partial charge < -0.3 is 0 Å². The molecule has 0 saturated heterocycles. The Balaban J connectivity index is 2.19. The van der Waals surface area contributed by atoms with Gasteiger partial charge >= 0.3 is 0 Å². The van der Waals surface area contributed by atoms with Gasteiger partial charge in [0.1, 0.15) is 0 Å². The number of nitrogens with zero attached hydrogens (tertiary/aromatic N) is 2. The molecule has 0 aliphatic rings. The Morgan fingerprint density at radius 2 is 2.00 bits per heavy atom. The van der Waals surface area contributed by atoms with Crippen molar-refractivity contribution in [2.45, 2.75) is 12.8 Å². The van der Waals surface area contributed by atoms with Crippen molar-refractivity contribution >= 4 is 0 Å². The molecule has 14 heavy (non-hydrogen) atoms. The molecule has 0 aromatic heterocycles. The quantitative estimate of drug-likeness (QED) is 0.661. The molecule has 0 saturated carbocycles. The summed E-state index contributed by atoms with van der Waals surface area (Å²) in [6, 6.07) is 12.6. The van der Waals surface area contributed by atoms with Crippen molar-refractivity contribution in [3.05, 3.63) is 35.9 Å². The van der Waals surface area contributed by atoms with E-state index in [9.17, 15) is 0 Å². The molecule has 0 spiro atoms. The molecule has 0 unspecified atom stereocenters. The largest absolute Gasteiger partial charge is 0.294 e. The highest BCUT2D eigenvalue weighted by atomic mass is 15.1. The van der Waals surface area contributed by atoms with Gasteiger partial charge in [-0.05, 0) is 32.0 Å². The van der Waals surface area contributed by atoms with Crippen LogP contribution in [-0.4, -0.2) is 25.0 Å². The third kappa shape index (κ3) is 4.06. The van der Waals surface area contributed by atoms with Crippen LogP contribution in [0.4, 0.5) is 0 Å². The van der Waals surface area contributed by atoms with Gasteiger partial charge in [0, 0.05) is 0 Å². The van der Waals surface area contributed by atoms with Gasteiger partial charge in [-0.25, -0.2) is 0 Å². The SMILES string of the molecule is CN(CC#N)CCCc1ccccc1. The van der Waals surface area contributed by atoms with Crippen LogP contribution in [0.5, 0.6) is 0 Å². The molecule has 0 heterocycles. The maximum Gasteiger partial charge on any atom is 0.0863 e. The lowest BCUT2D eigenvalue weighted by molar-refractivity contribution is 0.368. The number of nitriles is 1. The van der Waals surface area contributed by atoms with Crippen LogP contribution < -0.4 is 0 Å². The first-order valence-corrected chi connectivity index (χ1v) is 4.92. The van der Waals surface area contributed by atoms with Crippen LogP contribution in [0.15, 0.2) is 30.3 Å². The number of hydrogen-bond donors (Lipinski definition) is 0. The van der Waals surface area contributed by atoms with Crippen molar-refractivity contribution < 1.29 is 0 Å². The van der Waals surface area contributed by atoms with E-state index in [1.54, 1.807) is 0 Å². The Kier molecular flexibility index (Phi) is 4.74. The van der Waals surface area contributed by atoms with Crippen LogP contribution in [0.25, 0.3) is 0 Å². The van der Waals surface area contributed by atoms with E-state index < -0.39 is 0 Å². The predicted molar refractivity (Wildman–Crippen MR) is 57.9 cm³/mol. The Morgan fingerprint density at radius 1 is 1.29 bits per heavy atom. The lowest BCUT2D eigenvalue weighted by Gasteiger charge is -2.11. The lowest BCUT2D eigenvalue weighted by atomic mass is 10.1. The minimum atomic E-state index is 0.523. The van der Waals surface area contributed by atoms with Gasteiger partial charge in [0.25, 0.3) is 0 Å². The van der Waals surface area contributed by atoms with E-state index >= 15 is 0 Å². The number of rotatable bonds is 5. The zero-order valence-electron chi connectivity index (χ0n) is 8.61. The summed E-state index contributed by atoms with van der Waals surface area (Å²) in [6.07, 6.45) is 2.21. The Hall–Kier alpha value is -1.33. The maximum absolute atomic E-state index is 8.46. The standard InChI is InChI=1S/C12H16N2/c1-14(11-9-13)10-5-8-12-6-3-2-4-7-12/h2-4,6-7H,5,8,10-11H2,1H3. The molecule has 0 fully saturated rings. The van der Waals surface area contributed by atoms with E-state index in [0.717, 1.165) is 19.4 Å². The van der Waals surface area contributed by atoms with Crippen molar-refractivity contribution in [3.8, 4) is 6.07 Å². The highest BCUT2D eigenvalue weighted by Gasteiger charge is 1.96. The normalized spacial score (nSPS) is 10.1. The molecule has 1 aromatic rings. The maximum atomic E-state index is 8.46. The molecule has 0 amide bonds. The highest BCUT2D eigenvalue weighted by molar-refractivity contribution is 5.14. The van der Waals surface area contributed by atoms with Crippen molar-refractivity contribution in [1.29, 1.82) is 5.26 Å². The van der Waals surface area contributed by atoms with Crippen LogP contribution in [0.3, 0.4) is 0 Å². The predicted octanol–water partition coefficient (Wildman–Crippen LogP) is 2.07. The van der Waals surface area contributed by atoms with Gasteiger partial charge in [-0.3, -0.25) is 4.90 Å². The fourth-order valence-electron chi connectivity index (χ4n) is 1.40. The summed E-state index contributed by atoms with van der Waals surface area (Å²) in [5.41, 5.74) is 1.37. The van der Waals surface area contributed by atoms with Crippen LogP contribution in [-0.2, 0) is 6.42 Å². The molecule has 1 aromatic carbocycles. The first kappa shape index (κ1) is 10.7. The molecule has 0 aliphatic heterocycles. The molecule has 0 bridgehead atoms. The van der Waals surface area contributed by atoms with E-state index in [1.807, 2.05) is 18.0 Å². The monoisotopic (exact) mass is 188 g/mol. The Labute approximate surface area is 85.8 Å². The molecule has 74 valence electrons. The van der Waals surface area contributed by atoms with Gasteiger partial charge in [0.15, 0.2) is 0 Å². The van der Waals surface area contributed by atoms with Crippen LogP contribution >= 0.6 is 0 Å². The minimum absolute atomic E-state index is 0.523. The second-order valence-electron chi connectivity index (χ2n) is 3.49. The summed E-state index contributed by atoms with van der Waals surface area (Å²) < 4.78 is 0. The van der Waals surface area contributed by atoms with Gasteiger partial charge in [-0.15, -0.1) is 0 Å². The third-order valence-corrected chi connectivity index (χ3v) is 2.19. The van der Waals surface area contributed by atoms with Crippen molar-refractivity contribution in [2.75, 3.05) is 20.1 Å². The summed E-state index contributed by atoms with van der Waals surface area (Å²) in [5, 5.41) is 8.46. The summed E-state index contributed by atoms with van der Waals surface area (Å²) in [4.78, 5) is 2.04. The molecule has 2 heteroatoms. The fraction of sp³-hybridized carbons (Fsp3) is 0.417. The summed E-state index contributed by atoms with van der Waals surface area (Å²) in [6.45, 7) is 1.51. The summed E-state index contributed by atoms with van der Waals surface area (Å²) in [7, 11) is 1.98. The molecule has 0 radical (unpaired) electrons. The van der Waals surface area contributed by atoms with E-state index in [1.165, 1.54) is 5.56 Å². The molecular weight excluding hydrogens is 172 g/mol. The van der Waals surface area contributed by atoms with Crippen LogP contribution in [0.2, 0.25) is 0 Å². The van der Waals surface area contributed by atoms with E-state index in [-0.39, 0.29) is 0 Å². The van der Waals surface area contributed by atoms with Crippen molar-refractivity contribution in [1.82, 2.24) is 4.90 Å². The Bertz CT molecular complexity index is 287. The average molecular weight is 188 g/mol. The number of aryl methyl sites for hydroxylation is 1. The summed E-state index contributed by atoms with van der Waals surface area (Å²) >= 11 is 0. The Morgan fingerprint density at radius 3 is 2.64 bits per heavy atom. The topological polar surface area (TPSA) is 27.0 Å². The van der Waals surface area contributed by atoms with Gasteiger partial charge in [0.05, 0.1) is 12.6 Å². The second kappa shape index (κ2) is 6.17. The van der Waals surface area contributed by atoms with E-state index in [0.29, 0.717) is 6.54 Å². The highest BCUT2D eigenvalue weighted by Crippen LogP contribution is 2.02. The average Bonchev–Trinajstić information content (AvgIpc) is 2.20. The van der Waals surface area contributed by atoms with Crippen LogP contribution in [0, 0.1) is 11.3 Å². The molecule has 2 nitrogen and oxygen atoms in total. The first-order chi connectivity index (χ1) is 6.83. The smallest absolute Gasteiger partial charge is 0.0863 e.